The van der Waals surface area contributed by atoms with Crippen LogP contribution in [0.1, 0.15) is 25.3 Å². The maximum Gasteiger partial charge on any atom is 0.325 e. The molecular formula is C12H14BrClO3. The van der Waals surface area contributed by atoms with Crippen LogP contribution in [0.25, 0.3) is 0 Å². The maximum absolute atomic E-state index is 10.6. The average Bonchev–Trinajstić information content (AvgIpc) is 2.26. The number of alkyl halides is 1. The molecule has 1 atom stereocenters. The summed E-state index contributed by atoms with van der Waals surface area (Å²) in [4.78, 5) is 10.6. The molecule has 0 radical (unpaired) electrons. The van der Waals surface area contributed by atoms with Crippen molar-refractivity contribution in [2.75, 3.05) is 6.61 Å². The smallest absolute Gasteiger partial charge is 0.325 e. The quantitative estimate of drug-likeness (QED) is 0.842. The topological polar surface area (TPSA) is 46.5 Å². The first kappa shape index (κ1) is 14.3. The number of carboxylic acids is 1. The molecule has 0 fully saturated rings. The molecule has 1 N–H and O–H groups in total. The van der Waals surface area contributed by atoms with E-state index in [1.807, 2.05) is 32.0 Å². The third kappa shape index (κ3) is 4.21. The van der Waals surface area contributed by atoms with Gasteiger partial charge in [0.1, 0.15) is 12.4 Å². The van der Waals surface area contributed by atoms with E-state index in [2.05, 4.69) is 15.9 Å². The molecule has 1 aromatic rings. The van der Waals surface area contributed by atoms with Crippen LogP contribution in [0.15, 0.2) is 22.7 Å². The first-order chi connectivity index (χ1) is 7.91. The van der Waals surface area contributed by atoms with Gasteiger partial charge < -0.3 is 9.84 Å². The molecule has 0 aliphatic carbocycles. The SMILES string of the molecule is CC(C)c1cc(Br)ccc1OCC(Cl)C(=O)O. The van der Waals surface area contributed by atoms with Crippen molar-refractivity contribution < 1.29 is 14.6 Å². The van der Waals surface area contributed by atoms with Gasteiger partial charge in [-0.1, -0.05) is 29.8 Å². The minimum Gasteiger partial charge on any atom is -0.491 e. The lowest BCUT2D eigenvalue weighted by Gasteiger charge is -2.15. The van der Waals surface area contributed by atoms with Crippen molar-refractivity contribution in [3.05, 3.63) is 28.2 Å². The molecule has 5 heteroatoms. The molecule has 0 bridgehead atoms. The van der Waals surface area contributed by atoms with Crippen molar-refractivity contribution in [2.24, 2.45) is 0 Å². The summed E-state index contributed by atoms with van der Waals surface area (Å²) in [6.07, 6.45) is 0. The van der Waals surface area contributed by atoms with Gasteiger partial charge in [0.15, 0.2) is 5.38 Å². The zero-order valence-corrected chi connectivity index (χ0v) is 12.0. The predicted octanol–water partition coefficient (Wildman–Crippen LogP) is 3.64. The molecule has 0 aliphatic heterocycles. The van der Waals surface area contributed by atoms with Gasteiger partial charge in [-0.15, -0.1) is 11.6 Å². The van der Waals surface area contributed by atoms with E-state index in [1.165, 1.54) is 0 Å². The number of halogens is 2. The van der Waals surface area contributed by atoms with Crippen LogP contribution in [0.2, 0.25) is 0 Å². The number of benzene rings is 1. The monoisotopic (exact) mass is 320 g/mol. The van der Waals surface area contributed by atoms with Gasteiger partial charge in [-0.25, -0.2) is 0 Å². The normalized spacial score (nSPS) is 12.5. The van der Waals surface area contributed by atoms with Crippen LogP contribution in [0.3, 0.4) is 0 Å². The summed E-state index contributed by atoms with van der Waals surface area (Å²) < 4.78 is 6.41. The number of rotatable bonds is 5. The Morgan fingerprint density at radius 1 is 1.53 bits per heavy atom. The highest BCUT2D eigenvalue weighted by Crippen LogP contribution is 2.29. The molecule has 0 spiro atoms. The molecule has 0 aliphatic rings. The molecule has 0 aromatic heterocycles. The first-order valence-corrected chi connectivity index (χ1v) is 6.44. The zero-order valence-electron chi connectivity index (χ0n) is 9.61. The van der Waals surface area contributed by atoms with E-state index in [0.717, 1.165) is 10.0 Å². The van der Waals surface area contributed by atoms with Crippen LogP contribution in [0.4, 0.5) is 0 Å². The Kier molecular flexibility index (Phi) is 5.28. The minimum absolute atomic E-state index is 0.0434. The van der Waals surface area contributed by atoms with Gasteiger partial charge in [-0.3, -0.25) is 4.79 Å². The molecule has 94 valence electrons. The number of carboxylic acid groups (broad SMARTS) is 1. The summed E-state index contributed by atoms with van der Waals surface area (Å²) in [7, 11) is 0. The van der Waals surface area contributed by atoms with Crippen LogP contribution in [-0.4, -0.2) is 23.1 Å². The zero-order chi connectivity index (χ0) is 13.0. The van der Waals surface area contributed by atoms with Gasteiger partial charge in [-0.2, -0.15) is 0 Å². The minimum atomic E-state index is -1.07. The lowest BCUT2D eigenvalue weighted by atomic mass is 10.0. The fourth-order valence-electron chi connectivity index (χ4n) is 1.34. The fraction of sp³-hybridized carbons (Fsp3) is 0.417. The Morgan fingerprint density at radius 2 is 2.18 bits per heavy atom. The second-order valence-corrected chi connectivity index (χ2v) is 5.40. The highest BCUT2D eigenvalue weighted by Gasteiger charge is 2.16. The summed E-state index contributed by atoms with van der Waals surface area (Å²) in [5, 5.41) is 7.63. The van der Waals surface area contributed by atoms with Crippen molar-refractivity contribution in [3.63, 3.8) is 0 Å². The Labute approximate surface area is 114 Å². The number of hydrogen-bond acceptors (Lipinski definition) is 2. The van der Waals surface area contributed by atoms with Gasteiger partial charge in [0.05, 0.1) is 0 Å². The number of carbonyl (C=O) groups is 1. The summed E-state index contributed by atoms with van der Waals surface area (Å²) >= 11 is 8.99. The van der Waals surface area contributed by atoms with Gasteiger partial charge in [0, 0.05) is 4.47 Å². The van der Waals surface area contributed by atoms with Crippen molar-refractivity contribution >= 4 is 33.5 Å². The molecular weight excluding hydrogens is 307 g/mol. The van der Waals surface area contributed by atoms with Crippen molar-refractivity contribution in [1.29, 1.82) is 0 Å². The second-order valence-electron chi connectivity index (χ2n) is 3.95. The molecule has 1 unspecified atom stereocenters. The Hall–Kier alpha value is -0.740. The molecule has 1 aromatic carbocycles. The third-order valence-electron chi connectivity index (χ3n) is 2.25. The molecule has 0 heterocycles. The third-order valence-corrected chi connectivity index (χ3v) is 3.05. The average molecular weight is 322 g/mol. The standard InChI is InChI=1S/C12H14BrClO3/c1-7(2)9-5-8(13)3-4-11(9)17-6-10(14)12(15)16/h3-5,7,10H,6H2,1-2H3,(H,15,16). The van der Waals surface area contributed by atoms with Crippen LogP contribution in [-0.2, 0) is 4.79 Å². The van der Waals surface area contributed by atoms with Crippen LogP contribution in [0, 0.1) is 0 Å². The summed E-state index contributed by atoms with van der Waals surface area (Å²) in [6, 6.07) is 5.63. The van der Waals surface area contributed by atoms with Gasteiger partial charge in [0.2, 0.25) is 0 Å². The van der Waals surface area contributed by atoms with Crippen molar-refractivity contribution in [2.45, 2.75) is 25.1 Å². The molecule has 0 saturated carbocycles. The van der Waals surface area contributed by atoms with Crippen molar-refractivity contribution in [3.8, 4) is 5.75 Å². The lowest BCUT2D eigenvalue weighted by Crippen LogP contribution is -2.21. The Balaban J connectivity index is 2.80. The van der Waals surface area contributed by atoms with E-state index < -0.39 is 11.3 Å². The van der Waals surface area contributed by atoms with Crippen LogP contribution in [0.5, 0.6) is 5.75 Å². The number of hydrogen-bond donors (Lipinski definition) is 1. The summed E-state index contributed by atoms with van der Waals surface area (Å²) in [5.41, 5.74) is 1.02. The fourth-order valence-corrected chi connectivity index (χ4v) is 1.78. The van der Waals surface area contributed by atoms with Crippen LogP contribution >= 0.6 is 27.5 Å². The van der Waals surface area contributed by atoms with E-state index >= 15 is 0 Å². The number of aliphatic carboxylic acids is 1. The molecule has 17 heavy (non-hydrogen) atoms. The molecule has 0 saturated heterocycles. The van der Waals surface area contributed by atoms with E-state index in [0.29, 0.717) is 11.7 Å². The van der Waals surface area contributed by atoms with E-state index in [1.54, 1.807) is 0 Å². The summed E-state index contributed by atoms with van der Waals surface area (Å²) in [6.45, 7) is 4.05. The lowest BCUT2D eigenvalue weighted by molar-refractivity contribution is -0.137. The molecule has 1 rings (SSSR count). The first-order valence-electron chi connectivity index (χ1n) is 5.21. The van der Waals surface area contributed by atoms with E-state index in [-0.39, 0.29) is 6.61 Å². The van der Waals surface area contributed by atoms with Gasteiger partial charge >= 0.3 is 5.97 Å². The van der Waals surface area contributed by atoms with Gasteiger partial charge in [0.25, 0.3) is 0 Å². The van der Waals surface area contributed by atoms with E-state index in [4.69, 9.17) is 21.4 Å². The van der Waals surface area contributed by atoms with Crippen LogP contribution < -0.4 is 4.74 Å². The van der Waals surface area contributed by atoms with E-state index in [9.17, 15) is 4.79 Å². The Morgan fingerprint density at radius 3 is 2.71 bits per heavy atom. The molecule has 3 nitrogen and oxygen atoms in total. The Bertz CT molecular complexity index is 407. The largest absolute Gasteiger partial charge is 0.491 e. The molecule has 0 amide bonds. The summed E-state index contributed by atoms with van der Waals surface area (Å²) in [5.74, 6) is -0.105. The number of ether oxygens (including phenoxy) is 1. The maximum atomic E-state index is 10.6. The van der Waals surface area contributed by atoms with Crippen molar-refractivity contribution in [1.82, 2.24) is 0 Å². The highest BCUT2D eigenvalue weighted by molar-refractivity contribution is 9.10. The van der Waals surface area contributed by atoms with Gasteiger partial charge in [-0.05, 0) is 29.7 Å². The second kappa shape index (κ2) is 6.26. The highest BCUT2D eigenvalue weighted by atomic mass is 79.9. The predicted molar refractivity (Wildman–Crippen MR) is 71.0 cm³/mol.